The number of anilines is 2. The van der Waals surface area contributed by atoms with Crippen molar-refractivity contribution in [2.75, 3.05) is 18.4 Å². The molecular weight excluding hydrogens is 380 g/mol. The van der Waals surface area contributed by atoms with Crippen LogP contribution in [0.15, 0.2) is 54.4 Å². The molecule has 1 aromatic carbocycles. The summed E-state index contributed by atoms with van der Waals surface area (Å²) in [6.07, 6.45) is 8.39. The molecule has 3 N–H and O–H groups in total. The molecule has 0 aliphatic heterocycles. The number of rotatable bonds is 7. The highest BCUT2D eigenvalue weighted by Gasteiger charge is 2.14. The minimum atomic E-state index is 0.225. The Morgan fingerprint density at radius 2 is 2.10 bits per heavy atom. The molecule has 2 heterocycles. The second-order valence-electron chi connectivity index (χ2n) is 7.75. The van der Waals surface area contributed by atoms with E-state index in [4.69, 9.17) is 0 Å². The summed E-state index contributed by atoms with van der Waals surface area (Å²) in [6, 6.07) is 9.19. The van der Waals surface area contributed by atoms with Crippen LogP contribution >= 0.6 is 11.3 Å². The minimum absolute atomic E-state index is 0.225. The van der Waals surface area contributed by atoms with Crippen LogP contribution in [-0.2, 0) is 0 Å². The standard InChI is InChI=1S/C23H26N4OS/c1-15(2)12-24-13-16-5-3-6-17(9-16)21-11-20-22(29-21)23(26-14-25-20)27-18-7-4-8-19(28)10-18/h4,6-11,14-15,24,28H,3,5,12-13H2,1-2H3,(H,25,26,27). The molecule has 0 radical (unpaired) electrons. The first-order valence-corrected chi connectivity index (χ1v) is 10.8. The van der Waals surface area contributed by atoms with E-state index in [1.165, 1.54) is 16.0 Å². The summed E-state index contributed by atoms with van der Waals surface area (Å²) < 4.78 is 1.02. The lowest BCUT2D eigenvalue weighted by atomic mass is 9.98. The van der Waals surface area contributed by atoms with E-state index in [2.05, 4.69) is 52.7 Å². The zero-order chi connectivity index (χ0) is 20.2. The van der Waals surface area contributed by atoms with Crippen molar-refractivity contribution < 1.29 is 5.11 Å². The quantitative estimate of drug-likeness (QED) is 0.484. The van der Waals surface area contributed by atoms with E-state index in [9.17, 15) is 5.11 Å². The maximum Gasteiger partial charge on any atom is 0.151 e. The van der Waals surface area contributed by atoms with E-state index in [0.29, 0.717) is 5.92 Å². The molecule has 150 valence electrons. The van der Waals surface area contributed by atoms with Crippen molar-refractivity contribution in [3.63, 3.8) is 0 Å². The number of aromatic nitrogens is 2. The fourth-order valence-electron chi connectivity index (χ4n) is 3.40. The summed E-state index contributed by atoms with van der Waals surface area (Å²) >= 11 is 1.70. The Kier molecular flexibility index (Phi) is 5.92. The predicted octanol–water partition coefficient (Wildman–Crippen LogP) is 5.49. The van der Waals surface area contributed by atoms with Gasteiger partial charge in [0, 0.05) is 23.2 Å². The number of nitrogens with one attached hydrogen (secondary N) is 2. The van der Waals surface area contributed by atoms with Crippen LogP contribution in [0.25, 0.3) is 15.8 Å². The lowest BCUT2D eigenvalue weighted by Crippen LogP contribution is -2.22. The molecule has 2 aromatic heterocycles. The molecule has 0 amide bonds. The molecule has 0 fully saturated rings. The lowest BCUT2D eigenvalue weighted by molar-refractivity contribution is 0.475. The number of thiophene rings is 1. The van der Waals surface area contributed by atoms with E-state index in [1.807, 2.05) is 12.1 Å². The van der Waals surface area contributed by atoms with Crippen LogP contribution < -0.4 is 10.6 Å². The van der Waals surface area contributed by atoms with Crippen LogP contribution in [0.4, 0.5) is 11.5 Å². The number of hydrogen-bond donors (Lipinski definition) is 3. The average molecular weight is 407 g/mol. The van der Waals surface area contributed by atoms with Gasteiger partial charge in [-0.05, 0) is 49.1 Å². The molecule has 3 aromatic rings. The molecule has 0 saturated heterocycles. The zero-order valence-electron chi connectivity index (χ0n) is 16.8. The summed E-state index contributed by atoms with van der Waals surface area (Å²) in [4.78, 5) is 10.1. The van der Waals surface area contributed by atoms with Crippen molar-refractivity contribution in [2.45, 2.75) is 26.7 Å². The van der Waals surface area contributed by atoms with E-state index in [1.54, 1.807) is 29.8 Å². The molecule has 6 heteroatoms. The molecule has 0 atom stereocenters. The molecule has 0 saturated carbocycles. The zero-order valence-corrected chi connectivity index (χ0v) is 17.6. The summed E-state index contributed by atoms with van der Waals surface area (Å²) in [5, 5.41) is 16.6. The predicted molar refractivity (Wildman–Crippen MR) is 122 cm³/mol. The number of aromatic hydroxyl groups is 1. The molecule has 5 nitrogen and oxygen atoms in total. The highest BCUT2D eigenvalue weighted by molar-refractivity contribution is 7.20. The van der Waals surface area contributed by atoms with Gasteiger partial charge in [0.05, 0.1) is 10.2 Å². The Morgan fingerprint density at radius 1 is 1.21 bits per heavy atom. The first kappa shape index (κ1) is 19.6. The van der Waals surface area contributed by atoms with Gasteiger partial charge in [-0.3, -0.25) is 0 Å². The third-order valence-electron chi connectivity index (χ3n) is 4.80. The van der Waals surface area contributed by atoms with Gasteiger partial charge in [-0.25, -0.2) is 9.97 Å². The van der Waals surface area contributed by atoms with Crippen LogP contribution in [0.5, 0.6) is 5.75 Å². The van der Waals surface area contributed by atoms with E-state index < -0.39 is 0 Å². The Bertz CT molecular complexity index is 1070. The highest BCUT2D eigenvalue weighted by Crippen LogP contribution is 2.36. The van der Waals surface area contributed by atoms with Gasteiger partial charge < -0.3 is 15.7 Å². The van der Waals surface area contributed by atoms with Crippen molar-refractivity contribution in [3.05, 3.63) is 59.3 Å². The number of allylic oxidation sites excluding steroid dienone is 3. The minimum Gasteiger partial charge on any atom is -0.508 e. The topological polar surface area (TPSA) is 70.1 Å². The van der Waals surface area contributed by atoms with E-state index in [0.717, 1.165) is 47.7 Å². The second kappa shape index (κ2) is 8.76. The molecular formula is C23H26N4OS. The van der Waals surface area contributed by atoms with Crippen molar-refractivity contribution in [1.29, 1.82) is 0 Å². The summed E-state index contributed by atoms with van der Waals surface area (Å²) in [5.74, 6) is 1.65. The van der Waals surface area contributed by atoms with Gasteiger partial charge in [0.25, 0.3) is 0 Å². The Balaban J connectivity index is 1.57. The van der Waals surface area contributed by atoms with Gasteiger partial charge in [-0.15, -0.1) is 11.3 Å². The van der Waals surface area contributed by atoms with Crippen molar-refractivity contribution >= 4 is 38.6 Å². The SMILES string of the molecule is CC(C)CNCC1=CC(c2cc3ncnc(Nc4cccc(O)c4)c3s2)=CCC1. The fraction of sp³-hybridized carbons (Fsp3) is 0.304. The van der Waals surface area contributed by atoms with Crippen LogP contribution in [-0.4, -0.2) is 28.2 Å². The maximum absolute atomic E-state index is 9.71. The summed E-state index contributed by atoms with van der Waals surface area (Å²) in [5.41, 5.74) is 4.45. The van der Waals surface area contributed by atoms with Crippen LogP contribution in [0.2, 0.25) is 0 Å². The van der Waals surface area contributed by atoms with Crippen LogP contribution in [0, 0.1) is 5.92 Å². The largest absolute Gasteiger partial charge is 0.508 e. The van der Waals surface area contributed by atoms with Gasteiger partial charge in [0.1, 0.15) is 12.1 Å². The Hall–Kier alpha value is -2.70. The number of nitrogens with zero attached hydrogens (tertiary/aromatic N) is 2. The molecule has 4 rings (SSSR count). The second-order valence-corrected chi connectivity index (χ2v) is 8.80. The third-order valence-corrected chi connectivity index (χ3v) is 5.98. The third kappa shape index (κ3) is 4.83. The smallest absolute Gasteiger partial charge is 0.151 e. The molecule has 29 heavy (non-hydrogen) atoms. The van der Waals surface area contributed by atoms with Gasteiger partial charge in [0.15, 0.2) is 5.82 Å². The molecule has 1 aliphatic rings. The number of phenolic OH excluding ortho intramolecular Hbond substituents is 1. The monoisotopic (exact) mass is 406 g/mol. The Morgan fingerprint density at radius 3 is 2.93 bits per heavy atom. The lowest BCUT2D eigenvalue weighted by Gasteiger charge is -2.15. The average Bonchev–Trinajstić information content (AvgIpc) is 3.14. The van der Waals surface area contributed by atoms with E-state index in [-0.39, 0.29) is 5.75 Å². The van der Waals surface area contributed by atoms with Gasteiger partial charge in [-0.2, -0.15) is 0 Å². The van der Waals surface area contributed by atoms with Crippen molar-refractivity contribution in [1.82, 2.24) is 15.3 Å². The van der Waals surface area contributed by atoms with E-state index >= 15 is 0 Å². The first-order valence-electron chi connectivity index (χ1n) is 10.00. The highest BCUT2D eigenvalue weighted by atomic mass is 32.1. The van der Waals surface area contributed by atoms with Crippen molar-refractivity contribution in [2.24, 2.45) is 5.92 Å². The summed E-state index contributed by atoms with van der Waals surface area (Å²) in [6.45, 7) is 6.45. The number of hydrogen-bond acceptors (Lipinski definition) is 6. The van der Waals surface area contributed by atoms with Gasteiger partial charge in [0.2, 0.25) is 0 Å². The van der Waals surface area contributed by atoms with Crippen LogP contribution in [0.3, 0.4) is 0 Å². The maximum atomic E-state index is 9.71. The fourth-order valence-corrected chi connectivity index (χ4v) is 4.47. The Labute approximate surface area is 175 Å². The number of phenols is 1. The van der Waals surface area contributed by atoms with Crippen LogP contribution in [0.1, 0.15) is 31.6 Å². The van der Waals surface area contributed by atoms with Gasteiger partial charge in [-0.1, -0.05) is 37.6 Å². The molecule has 0 spiro atoms. The number of fused-ring (bicyclic) bond motifs is 1. The first-order chi connectivity index (χ1) is 14.1. The number of benzene rings is 1. The summed E-state index contributed by atoms with van der Waals surface area (Å²) in [7, 11) is 0. The molecule has 1 aliphatic carbocycles. The normalized spacial score (nSPS) is 14.2. The molecule has 0 bridgehead atoms. The van der Waals surface area contributed by atoms with Crippen molar-refractivity contribution in [3.8, 4) is 5.75 Å². The molecule has 0 unspecified atom stereocenters. The van der Waals surface area contributed by atoms with Gasteiger partial charge >= 0.3 is 0 Å².